The molecule has 180 valence electrons. The van der Waals surface area contributed by atoms with Crippen LogP contribution in [0, 0.1) is 0 Å². The lowest BCUT2D eigenvalue weighted by molar-refractivity contribution is -0.146. The lowest BCUT2D eigenvalue weighted by atomic mass is 10.1. The van der Waals surface area contributed by atoms with Gasteiger partial charge < -0.3 is 10.1 Å². The van der Waals surface area contributed by atoms with Crippen molar-refractivity contribution in [3.63, 3.8) is 0 Å². The summed E-state index contributed by atoms with van der Waals surface area (Å²) in [4.78, 5) is 22.8. The van der Waals surface area contributed by atoms with Crippen LogP contribution in [0.3, 0.4) is 0 Å². The van der Waals surface area contributed by atoms with Crippen molar-refractivity contribution < 1.29 is 14.3 Å². The van der Waals surface area contributed by atoms with Crippen molar-refractivity contribution in [1.29, 1.82) is 0 Å². The van der Waals surface area contributed by atoms with Gasteiger partial charge in [0, 0.05) is 6.42 Å². The molecule has 0 radical (unpaired) electrons. The zero-order valence-corrected chi connectivity index (χ0v) is 20.3. The summed E-state index contributed by atoms with van der Waals surface area (Å²) in [6.45, 7) is 2.76. The van der Waals surface area contributed by atoms with Gasteiger partial charge in [0.05, 0.1) is 6.61 Å². The SMILES string of the molecule is CCCCCCCCCCC/C=C/CCCCCCCCCOC(=O)[C@@H]1CCC(=O)N1. The van der Waals surface area contributed by atoms with Gasteiger partial charge in [0.2, 0.25) is 5.91 Å². The van der Waals surface area contributed by atoms with Gasteiger partial charge in [-0.1, -0.05) is 103 Å². The largest absolute Gasteiger partial charge is 0.464 e. The standard InChI is InChI=1S/C27H49NO3/c1-2-3-4-5-6-7-8-9-10-11-12-13-14-15-16-17-18-19-20-21-24-31-27(30)25-22-23-26(29)28-25/h12-13,25H,2-11,14-24H2,1H3,(H,28,29)/b13-12+/t25-/m0/s1. The molecule has 4 heteroatoms. The number of rotatable bonds is 21. The zero-order valence-electron chi connectivity index (χ0n) is 20.3. The molecule has 1 aliphatic heterocycles. The Morgan fingerprint density at radius 2 is 1.29 bits per heavy atom. The van der Waals surface area contributed by atoms with Crippen LogP contribution in [0.25, 0.3) is 0 Å². The summed E-state index contributed by atoms with van der Waals surface area (Å²) < 4.78 is 5.25. The second-order valence-electron chi connectivity index (χ2n) is 9.18. The highest BCUT2D eigenvalue weighted by atomic mass is 16.5. The molecular weight excluding hydrogens is 386 g/mol. The predicted octanol–water partition coefficient (Wildman–Crippen LogP) is 7.41. The zero-order chi connectivity index (χ0) is 22.4. The van der Waals surface area contributed by atoms with Gasteiger partial charge in [-0.3, -0.25) is 4.79 Å². The Morgan fingerprint density at radius 1 is 0.806 bits per heavy atom. The lowest BCUT2D eigenvalue weighted by Crippen LogP contribution is -2.34. The first-order valence-corrected chi connectivity index (χ1v) is 13.3. The van der Waals surface area contributed by atoms with E-state index >= 15 is 0 Å². The molecule has 1 rings (SSSR count). The summed E-state index contributed by atoms with van der Waals surface area (Å²) >= 11 is 0. The van der Waals surface area contributed by atoms with Crippen molar-refractivity contribution in [3.05, 3.63) is 12.2 Å². The smallest absolute Gasteiger partial charge is 0.328 e. The molecular formula is C27H49NO3. The molecule has 0 aromatic heterocycles. The van der Waals surface area contributed by atoms with Crippen LogP contribution in [0.15, 0.2) is 12.2 Å². The van der Waals surface area contributed by atoms with E-state index < -0.39 is 6.04 Å². The summed E-state index contributed by atoms with van der Waals surface area (Å²) in [5.74, 6) is -0.312. The fourth-order valence-corrected chi connectivity index (χ4v) is 4.12. The summed E-state index contributed by atoms with van der Waals surface area (Å²) in [7, 11) is 0. The Balaban J connectivity index is 1.73. The van der Waals surface area contributed by atoms with E-state index in [1.807, 2.05) is 0 Å². The quantitative estimate of drug-likeness (QED) is 0.116. The molecule has 0 aromatic carbocycles. The van der Waals surface area contributed by atoms with E-state index in [4.69, 9.17) is 4.74 Å². The molecule has 0 aromatic rings. The third-order valence-electron chi connectivity index (χ3n) is 6.18. The van der Waals surface area contributed by atoms with Crippen LogP contribution in [-0.2, 0) is 14.3 Å². The number of unbranched alkanes of at least 4 members (excludes halogenated alkanes) is 16. The molecule has 1 amide bonds. The summed E-state index contributed by atoms with van der Waals surface area (Å²) in [5, 5.41) is 2.65. The highest BCUT2D eigenvalue weighted by Crippen LogP contribution is 2.12. The number of allylic oxidation sites excluding steroid dienone is 2. The molecule has 0 bridgehead atoms. The first-order chi connectivity index (χ1) is 15.2. The number of carbonyl (C=O) groups excluding carboxylic acids is 2. The molecule has 1 aliphatic rings. The van der Waals surface area contributed by atoms with E-state index in [0.29, 0.717) is 19.4 Å². The average molecular weight is 436 g/mol. The highest BCUT2D eigenvalue weighted by molar-refractivity contribution is 5.87. The van der Waals surface area contributed by atoms with Crippen molar-refractivity contribution in [3.8, 4) is 0 Å². The van der Waals surface area contributed by atoms with E-state index in [9.17, 15) is 9.59 Å². The van der Waals surface area contributed by atoms with Crippen molar-refractivity contribution in [2.24, 2.45) is 0 Å². The number of hydrogen-bond acceptors (Lipinski definition) is 3. The Kier molecular flexibility index (Phi) is 18.4. The van der Waals surface area contributed by atoms with Crippen LogP contribution >= 0.6 is 0 Å². The summed E-state index contributed by atoms with van der Waals surface area (Å²) in [6, 6.07) is -0.411. The van der Waals surface area contributed by atoms with Gasteiger partial charge in [0.25, 0.3) is 0 Å². The van der Waals surface area contributed by atoms with Crippen molar-refractivity contribution in [2.45, 2.75) is 141 Å². The lowest BCUT2D eigenvalue weighted by Gasteiger charge is -2.09. The van der Waals surface area contributed by atoms with Crippen LogP contribution in [0.5, 0.6) is 0 Å². The van der Waals surface area contributed by atoms with Gasteiger partial charge in [-0.15, -0.1) is 0 Å². The maximum Gasteiger partial charge on any atom is 0.328 e. The van der Waals surface area contributed by atoms with E-state index in [2.05, 4.69) is 24.4 Å². The monoisotopic (exact) mass is 435 g/mol. The molecule has 1 N–H and O–H groups in total. The number of hydrogen-bond donors (Lipinski definition) is 1. The van der Waals surface area contributed by atoms with Gasteiger partial charge >= 0.3 is 5.97 Å². The van der Waals surface area contributed by atoms with Crippen LogP contribution in [0.1, 0.15) is 135 Å². The molecule has 0 spiro atoms. The maximum absolute atomic E-state index is 11.7. The van der Waals surface area contributed by atoms with Crippen LogP contribution in [0.4, 0.5) is 0 Å². The van der Waals surface area contributed by atoms with Crippen LogP contribution < -0.4 is 5.32 Å². The molecule has 0 aliphatic carbocycles. The minimum Gasteiger partial charge on any atom is -0.464 e. The number of amides is 1. The average Bonchev–Trinajstić information content (AvgIpc) is 3.21. The van der Waals surface area contributed by atoms with Crippen molar-refractivity contribution in [1.82, 2.24) is 5.32 Å². The van der Waals surface area contributed by atoms with Gasteiger partial charge in [0.15, 0.2) is 0 Å². The second kappa shape index (κ2) is 20.6. The second-order valence-corrected chi connectivity index (χ2v) is 9.18. The minimum absolute atomic E-state index is 0.0451. The fraction of sp³-hybridized carbons (Fsp3) is 0.852. The molecule has 1 saturated heterocycles. The Bertz CT molecular complexity index is 475. The Hall–Kier alpha value is -1.32. The molecule has 0 unspecified atom stereocenters. The normalized spacial score (nSPS) is 16.2. The maximum atomic E-state index is 11.7. The molecule has 1 heterocycles. The number of ether oxygens (including phenoxy) is 1. The Labute approximate surface area is 192 Å². The Morgan fingerprint density at radius 3 is 1.77 bits per heavy atom. The highest BCUT2D eigenvalue weighted by Gasteiger charge is 2.28. The van der Waals surface area contributed by atoms with Crippen molar-refractivity contribution in [2.75, 3.05) is 6.61 Å². The van der Waals surface area contributed by atoms with Gasteiger partial charge in [0.1, 0.15) is 6.04 Å². The summed E-state index contributed by atoms with van der Waals surface area (Å²) in [6.07, 6.45) is 29.4. The van der Waals surface area contributed by atoms with Crippen LogP contribution in [0.2, 0.25) is 0 Å². The third-order valence-corrected chi connectivity index (χ3v) is 6.18. The van der Waals surface area contributed by atoms with Gasteiger partial charge in [-0.05, 0) is 38.5 Å². The van der Waals surface area contributed by atoms with Gasteiger partial charge in [-0.25, -0.2) is 4.79 Å². The van der Waals surface area contributed by atoms with Crippen molar-refractivity contribution >= 4 is 11.9 Å². The first-order valence-electron chi connectivity index (χ1n) is 13.3. The topological polar surface area (TPSA) is 55.4 Å². The number of esters is 1. The summed E-state index contributed by atoms with van der Waals surface area (Å²) in [5.41, 5.74) is 0. The van der Waals surface area contributed by atoms with E-state index in [-0.39, 0.29) is 11.9 Å². The van der Waals surface area contributed by atoms with E-state index in [0.717, 1.165) is 12.8 Å². The van der Waals surface area contributed by atoms with E-state index in [1.165, 1.54) is 103 Å². The number of nitrogens with one attached hydrogen (secondary N) is 1. The van der Waals surface area contributed by atoms with Crippen LogP contribution in [-0.4, -0.2) is 24.5 Å². The third kappa shape index (κ3) is 17.0. The predicted molar refractivity (Wildman–Crippen MR) is 130 cm³/mol. The number of carbonyl (C=O) groups is 2. The molecule has 1 atom stereocenters. The van der Waals surface area contributed by atoms with Gasteiger partial charge in [-0.2, -0.15) is 0 Å². The molecule has 31 heavy (non-hydrogen) atoms. The molecule has 1 fully saturated rings. The first kappa shape index (κ1) is 27.7. The molecule has 4 nitrogen and oxygen atoms in total. The van der Waals surface area contributed by atoms with E-state index in [1.54, 1.807) is 0 Å². The fourth-order valence-electron chi connectivity index (χ4n) is 4.12. The minimum atomic E-state index is -0.411. The molecule has 0 saturated carbocycles.